The van der Waals surface area contributed by atoms with Crippen molar-refractivity contribution in [2.45, 2.75) is 24.8 Å². The molecule has 1 aliphatic rings. The van der Waals surface area contributed by atoms with Gasteiger partial charge in [-0.15, -0.1) is 10.2 Å². The van der Waals surface area contributed by atoms with Crippen LogP contribution in [0.25, 0.3) is 5.69 Å². The topological polar surface area (TPSA) is 92.5 Å². The largest absolute Gasteiger partial charge is 0.495 e. The van der Waals surface area contributed by atoms with E-state index in [0.717, 1.165) is 10.8 Å². The standard InChI is InChI=1S/C21H18Cl2F3N3O5S/c1-32-15-5-3-4-12(17(15)23)18-13-10-11(22)6-7-14(13)29-19(27-28-20(29)21(24,25)26)16(34-18)8-9-33-35(2,30)31/h3-7,10,16,18H,8-9H2,1-2H3/t16-,18-/m1/s1. The molecule has 0 saturated carbocycles. The molecule has 3 aromatic rings. The summed E-state index contributed by atoms with van der Waals surface area (Å²) in [7, 11) is -2.38. The lowest BCUT2D eigenvalue weighted by molar-refractivity contribution is -0.146. The van der Waals surface area contributed by atoms with Gasteiger partial charge >= 0.3 is 6.18 Å². The van der Waals surface area contributed by atoms with Gasteiger partial charge in [0.1, 0.15) is 18.0 Å². The van der Waals surface area contributed by atoms with Crippen molar-refractivity contribution in [3.63, 3.8) is 0 Å². The highest BCUT2D eigenvalue weighted by atomic mass is 35.5. The van der Waals surface area contributed by atoms with Crippen molar-refractivity contribution in [3.8, 4) is 11.4 Å². The summed E-state index contributed by atoms with van der Waals surface area (Å²) in [5, 5.41) is 7.54. The minimum Gasteiger partial charge on any atom is -0.495 e. The zero-order valence-electron chi connectivity index (χ0n) is 18.2. The summed E-state index contributed by atoms with van der Waals surface area (Å²) in [6.45, 7) is -0.368. The number of nitrogens with zero attached hydrogens (tertiary/aromatic N) is 3. The number of rotatable bonds is 6. The van der Waals surface area contributed by atoms with E-state index in [9.17, 15) is 21.6 Å². The third-order valence-corrected chi connectivity index (χ3v) is 6.45. The molecule has 0 saturated heterocycles. The molecule has 0 aliphatic carbocycles. The normalized spacial score (nSPS) is 18.0. The average Bonchev–Trinajstić information content (AvgIpc) is 3.16. The van der Waals surface area contributed by atoms with Gasteiger partial charge in [0.05, 0.1) is 30.7 Å². The Morgan fingerprint density at radius 3 is 2.54 bits per heavy atom. The molecule has 0 amide bonds. The number of aromatic nitrogens is 3. The summed E-state index contributed by atoms with van der Waals surface area (Å²) in [5.74, 6) is -1.13. The molecule has 0 N–H and O–H groups in total. The SMILES string of the molecule is COc1cccc([C@H]2O[C@H](CCOS(C)(=O)=O)c3nnc(C(F)(F)F)n3-c3ccc(Cl)cc32)c1Cl. The van der Waals surface area contributed by atoms with Gasteiger partial charge < -0.3 is 9.47 Å². The van der Waals surface area contributed by atoms with Crippen LogP contribution in [0.3, 0.4) is 0 Å². The van der Waals surface area contributed by atoms with Crippen LogP contribution in [0.5, 0.6) is 5.75 Å². The molecule has 0 fully saturated rings. The summed E-state index contributed by atoms with van der Waals surface area (Å²) in [4.78, 5) is 0. The molecule has 0 bridgehead atoms. The Kier molecular flexibility index (Phi) is 7.04. The number of hydrogen-bond acceptors (Lipinski definition) is 7. The average molecular weight is 552 g/mol. The Balaban J connectivity index is 1.94. The number of hydrogen-bond donors (Lipinski definition) is 0. The van der Waals surface area contributed by atoms with Crippen molar-refractivity contribution in [1.82, 2.24) is 14.8 Å². The second-order valence-corrected chi connectivity index (χ2v) is 10.1. The third kappa shape index (κ3) is 5.26. The number of methoxy groups -OCH3 is 1. The van der Waals surface area contributed by atoms with Gasteiger partial charge in [-0.1, -0.05) is 35.3 Å². The maximum atomic E-state index is 13.9. The molecule has 188 valence electrons. The van der Waals surface area contributed by atoms with Crippen LogP contribution in [0.4, 0.5) is 13.2 Å². The van der Waals surface area contributed by atoms with Crippen LogP contribution in [0.1, 0.15) is 41.4 Å². The number of alkyl halides is 3. The molecular formula is C21H18Cl2F3N3O5S. The molecular weight excluding hydrogens is 534 g/mol. The zero-order valence-corrected chi connectivity index (χ0v) is 20.5. The Morgan fingerprint density at radius 2 is 1.89 bits per heavy atom. The van der Waals surface area contributed by atoms with Crippen LogP contribution in [0.15, 0.2) is 36.4 Å². The second-order valence-electron chi connectivity index (χ2n) is 7.60. The van der Waals surface area contributed by atoms with Crippen molar-refractivity contribution in [2.75, 3.05) is 20.0 Å². The van der Waals surface area contributed by atoms with E-state index in [1.54, 1.807) is 18.2 Å². The lowest BCUT2D eigenvalue weighted by Gasteiger charge is -2.24. The van der Waals surface area contributed by atoms with Crippen LogP contribution in [0, 0.1) is 0 Å². The minimum atomic E-state index is -4.84. The maximum absolute atomic E-state index is 13.9. The summed E-state index contributed by atoms with van der Waals surface area (Å²) in [5.41, 5.74) is 0.749. The van der Waals surface area contributed by atoms with Gasteiger partial charge in [0.15, 0.2) is 5.82 Å². The number of halogens is 5. The van der Waals surface area contributed by atoms with Gasteiger partial charge in [-0.2, -0.15) is 21.6 Å². The maximum Gasteiger partial charge on any atom is 0.452 e. The smallest absolute Gasteiger partial charge is 0.452 e. The van der Waals surface area contributed by atoms with Crippen LogP contribution in [-0.4, -0.2) is 43.2 Å². The highest BCUT2D eigenvalue weighted by molar-refractivity contribution is 7.85. The quantitative estimate of drug-likeness (QED) is 0.392. The van der Waals surface area contributed by atoms with Gasteiger partial charge in [0, 0.05) is 22.6 Å². The molecule has 0 radical (unpaired) electrons. The zero-order chi connectivity index (χ0) is 25.5. The van der Waals surface area contributed by atoms with Crippen molar-refractivity contribution < 1.29 is 35.2 Å². The molecule has 2 aromatic carbocycles. The molecule has 8 nitrogen and oxygen atoms in total. The molecule has 2 heterocycles. The van der Waals surface area contributed by atoms with E-state index in [0.29, 0.717) is 11.3 Å². The van der Waals surface area contributed by atoms with Crippen molar-refractivity contribution >= 4 is 33.3 Å². The number of benzene rings is 2. The number of ether oxygens (including phenoxy) is 2. The highest BCUT2D eigenvalue weighted by Gasteiger charge is 2.43. The first kappa shape index (κ1) is 25.7. The van der Waals surface area contributed by atoms with E-state index in [4.69, 9.17) is 36.9 Å². The van der Waals surface area contributed by atoms with Gasteiger partial charge in [0.2, 0.25) is 5.82 Å². The Bertz CT molecular complexity index is 1360. The molecule has 1 aliphatic heterocycles. The molecule has 0 unspecified atom stereocenters. The fourth-order valence-electron chi connectivity index (χ4n) is 3.80. The predicted octanol–water partition coefficient (Wildman–Crippen LogP) is 5.13. The van der Waals surface area contributed by atoms with Crippen LogP contribution < -0.4 is 4.74 Å². The molecule has 1 aromatic heterocycles. The van der Waals surface area contributed by atoms with Crippen molar-refractivity contribution in [3.05, 3.63) is 69.2 Å². The van der Waals surface area contributed by atoms with Gasteiger partial charge in [-0.25, -0.2) is 0 Å². The van der Waals surface area contributed by atoms with Crippen LogP contribution >= 0.6 is 23.2 Å². The van der Waals surface area contributed by atoms with E-state index >= 15 is 0 Å². The van der Waals surface area contributed by atoms with Gasteiger partial charge in [-0.3, -0.25) is 8.75 Å². The van der Waals surface area contributed by atoms with Crippen LogP contribution in [0.2, 0.25) is 10.0 Å². The van der Waals surface area contributed by atoms with E-state index in [1.165, 1.54) is 25.3 Å². The minimum absolute atomic E-state index is 0.0807. The monoisotopic (exact) mass is 551 g/mol. The predicted molar refractivity (Wildman–Crippen MR) is 120 cm³/mol. The lowest BCUT2D eigenvalue weighted by Crippen LogP contribution is -2.17. The number of fused-ring (bicyclic) bond motifs is 3. The fraction of sp³-hybridized carbons (Fsp3) is 0.333. The first-order valence-corrected chi connectivity index (χ1v) is 12.6. The molecule has 0 spiro atoms. The van der Waals surface area contributed by atoms with Gasteiger partial charge in [0.25, 0.3) is 10.1 Å². The first-order valence-electron chi connectivity index (χ1n) is 10.0. The molecule has 35 heavy (non-hydrogen) atoms. The second kappa shape index (κ2) is 9.58. The Morgan fingerprint density at radius 1 is 1.14 bits per heavy atom. The fourth-order valence-corrected chi connectivity index (χ4v) is 4.68. The summed E-state index contributed by atoms with van der Waals surface area (Å²) in [6.07, 6.45) is -6.30. The summed E-state index contributed by atoms with van der Waals surface area (Å²) < 4.78 is 81.8. The lowest BCUT2D eigenvalue weighted by atomic mass is 9.99. The van der Waals surface area contributed by atoms with E-state index in [2.05, 4.69) is 10.2 Å². The highest BCUT2D eigenvalue weighted by Crippen LogP contribution is 2.46. The molecule has 2 atom stereocenters. The van der Waals surface area contributed by atoms with E-state index in [-0.39, 0.29) is 40.1 Å². The van der Waals surface area contributed by atoms with Crippen molar-refractivity contribution in [2.24, 2.45) is 0 Å². The summed E-state index contributed by atoms with van der Waals surface area (Å²) in [6, 6.07) is 9.22. The molecule has 14 heteroatoms. The van der Waals surface area contributed by atoms with Crippen LogP contribution in [-0.2, 0) is 25.2 Å². The van der Waals surface area contributed by atoms with E-state index < -0.39 is 34.3 Å². The molecule has 4 rings (SSSR count). The third-order valence-electron chi connectivity index (χ3n) is 5.22. The van der Waals surface area contributed by atoms with E-state index in [1.807, 2.05) is 0 Å². The summed E-state index contributed by atoms with van der Waals surface area (Å²) >= 11 is 12.8. The van der Waals surface area contributed by atoms with Gasteiger partial charge in [-0.05, 0) is 24.3 Å². The Hall–Kier alpha value is -2.38. The first-order chi connectivity index (χ1) is 16.4. The Labute approximate surface area is 208 Å². The van der Waals surface area contributed by atoms with Crippen molar-refractivity contribution in [1.29, 1.82) is 0 Å².